The first kappa shape index (κ1) is 13.7. The molecule has 1 amide bonds. The van der Waals surface area contributed by atoms with Crippen molar-refractivity contribution < 1.29 is 4.79 Å². The molecule has 106 valence electrons. The Bertz CT molecular complexity index is 785. The first-order valence-electron chi connectivity index (χ1n) is 5.90. The number of carbonyl (C=O) groups is 1. The third kappa shape index (κ3) is 2.91. The minimum absolute atomic E-state index is 0.310. The molecule has 0 aliphatic carbocycles. The third-order valence-corrected chi connectivity index (χ3v) is 3.77. The number of aryl methyl sites for hydroxylation is 1. The molecule has 1 aromatic carbocycles. The van der Waals surface area contributed by atoms with Crippen LogP contribution in [0.1, 0.15) is 15.5 Å². The number of nitrogens with zero attached hydrogens (tertiary/aromatic N) is 5. The monoisotopic (exact) mass is 320 g/mol. The van der Waals surface area contributed by atoms with Gasteiger partial charge in [0.15, 0.2) is 0 Å². The van der Waals surface area contributed by atoms with Crippen LogP contribution in [0.2, 0.25) is 5.02 Å². The molecule has 7 nitrogen and oxygen atoms in total. The van der Waals surface area contributed by atoms with Crippen LogP contribution < -0.4 is 5.32 Å². The number of aromatic nitrogens is 5. The number of tetrazole rings is 1. The molecule has 0 fully saturated rings. The largest absolute Gasteiger partial charge is 0.319 e. The van der Waals surface area contributed by atoms with Crippen LogP contribution in [0.15, 0.2) is 29.9 Å². The Kier molecular flexibility index (Phi) is 3.63. The zero-order valence-electron chi connectivity index (χ0n) is 10.8. The standard InChI is InChI=1S/C12H9ClN6OS/c1-7-15-11(5-21-7)12(20)16-10-4-8(2-3-9(10)13)19-6-14-17-18-19/h2-6H,1H3,(H,16,20). The van der Waals surface area contributed by atoms with Crippen molar-refractivity contribution in [1.29, 1.82) is 0 Å². The first-order valence-corrected chi connectivity index (χ1v) is 7.15. The van der Waals surface area contributed by atoms with Gasteiger partial charge in [0.25, 0.3) is 5.91 Å². The van der Waals surface area contributed by atoms with Crippen molar-refractivity contribution in [2.45, 2.75) is 6.92 Å². The summed E-state index contributed by atoms with van der Waals surface area (Å²) < 4.78 is 1.47. The number of hydrogen-bond acceptors (Lipinski definition) is 6. The summed E-state index contributed by atoms with van der Waals surface area (Å²) in [6.07, 6.45) is 1.46. The number of carbonyl (C=O) groups excluding carboxylic acids is 1. The molecule has 0 aliphatic heterocycles. The Labute approximate surface area is 128 Å². The molecule has 0 aliphatic rings. The zero-order chi connectivity index (χ0) is 14.8. The molecular weight excluding hydrogens is 312 g/mol. The maximum atomic E-state index is 12.1. The highest BCUT2D eigenvalue weighted by atomic mass is 35.5. The fraction of sp³-hybridized carbons (Fsp3) is 0.0833. The summed E-state index contributed by atoms with van der Waals surface area (Å²) in [5.74, 6) is -0.310. The summed E-state index contributed by atoms with van der Waals surface area (Å²) in [6.45, 7) is 1.84. The van der Waals surface area contributed by atoms with E-state index in [0.29, 0.717) is 22.1 Å². The third-order valence-electron chi connectivity index (χ3n) is 2.66. The molecule has 0 saturated heterocycles. The Hall–Kier alpha value is -2.32. The van der Waals surface area contributed by atoms with E-state index in [4.69, 9.17) is 11.6 Å². The van der Waals surface area contributed by atoms with Crippen LogP contribution in [0.4, 0.5) is 5.69 Å². The van der Waals surface area contributed by atoms with Crippen molar-refractivity contribution >= 4 is 34.5 Å². The predicted molar refractivity (Wildman–Crippen MR) is 79.0 cm³/mol. The van der Waals surface area contributed by atoms with Crippen molar-refractivity contribution in [2.24, 2.45) is 0 Å². The van der Waals surface area contributed by atoms with Gasteiger partial charge in [0.1, 0.15) is 12.0 Å². The fourth-order valence-electron chi connectivity index (χ4n) is 1.69. The summed E-state index contributed by atoms with van der Waals surface area (Å²) in [6, 6.07) is 5.11. The van der Waals surface area contributed by atoms with Crippen LogP contribution in [0.25, 0.3) is 5.69 Å². The topological polar surface area (TPSA) is 85.6 Å². The average Bonchev–Trinajstić information content (AvgIpc) is 3.12. The van der Waals surface area contributed by atoms with Gasteiger partial charge >= 0.3 is 0 Å². The molecule has 2 aromatic heterocycles. The molecule has 0 atom stereocenters. The van der Waals surface area contributed by atoms with Gasteiger partial charge in [-0.25, -0.2) is 9.67 Å². The molecular formula is C12H9ClN6OS. The van der Waals surface area contributed by atoms with E-state index >= 15 is 0 Å². The lowest BCUT2D eigenvalue weighted by Gasteiger charge is -2.08. The second-order valence-electron chi connectivity index (χ2n) is 4.12. The van der Waals surface area contributed by atoms with Gasteiger partial charge in [-0.05, 0) is 35.5 Å². The van der Waals surface area contributed by atoms with Gasteiger partial charge in [-0.3, -0.25) is 4.79 Å². The van der Waals surface area contributed by atoms with Gasteiger partial charge in [0.05, 0.1) is 21.4 Å². The number of nitrogens with one attached hydrogen (secondary N) is 1. The number of amides is 1. The molecule has 9 heteroatoms. The van der Waals surface area contributed by atoms with E-state index in [0.717, 1.165) is 5.01 Å². The zero-order valence-corrected chi connectivity index (χ0v) is 12.4. The van der Waals surface area contributed by atoms with Crippen molar-refractivity contribution in [3.8, 4) is 5.69 Å². The van der Waals surface area contributed by atoms with E-state index < -0.39 is 0 Å². The van der Waals surface area contributed by atoms with Gasteiger partial charge < -0.3 is 5.32 Å². The number of thiazole rings is 1. The number of rotatable bonds is 3. The number of anilines is 1. The van der Waals surface area contributed by atoms with Gasteiger partial charge in [0.2, 0.25) is 0 Å². The van der Waals surface area contributed by atoms with Gasteiger partial charge in [-0.1, -0.05) is 11.6 Å². The highest BCUT2D eigenvalue weighted by molar-refractivity contribution is 7.09. The highest BCUT2D eigenvalue weighted by Crippen LogP contribution is 2.25. The molecule has 3 aromatic rings. The second-order valence-corrected chi connectivity index (χ2v) is 5.59. The van der Waals surface area contributed by atoms with Gasteiger partial charge in [0, 0.05) is 5.38 Å². The molecule has 2 heterocycles. The molecule has 3 rings (SSSR count). The lowest BCUT2D eigenvalue weighted by atomic mass is 10.2. The van der Waals surface area contributed by atoms with E-state index in [-0.39, 0.29) is 5.91 Å². The molecule has 0 spiro atoms. The minimum atomic E-state index is -0.310. The summed E-state index contributed by atoms with van der Waals surface area (Å²) in [7, 11) is 0. The van der Waals surface area contributed by atoms with Crippen LogP contribution in [0.3, 0.4) is 0 Å². The maximum absolute atomic E-state index is 12.1. The number of hydrogen-bond donors (Lipinski definition) is 1. The highest BCUT2D eigenvalue weighted by Gasteiger charge is 2.12. The SMILES string of the molecule is Cc1nc(C(=O)Nc2cc(-n3cnnn3)ccc2Cl)cs1. The fourth-order valence-corrected chi connectivity index (χ4v) is 2.44. The van der Waals surface area contributed by atoms with Crippen molar-refractivity contribution in [3.05, 3.63) is 45.6 Å². The molecule has 21 heavy (non-hydrogen) atoms. The maximum Gasteiger partial charge on any atom is 0.275 e. The van der Waals surface area contributed by atoms with Gasteiger partial charge in [-0.2, -0.15) is 0 Å². The van der Waals surface area contributed by atoms with E-state index in [1.165, 1.54) is 22.3 Å². The Morgan fingerprint density at radius 2 is 2.29 bits per heavy atom. The molecule has 0 unspecified atom stereocenters. The summed E-state index contributed by atoms with van der Waals surface area (Å²) in [5, 5.41) is 16.6. The van der Waals surface area contributed by atoms with Crippen LogP contribution in [-0.4, -0.2) is 31.1 Å². The second kappa shape index (κ2) is 5.58. The van der Waals surface area contributed by atoms with E-state index in [1.54, 1.807) is 23.6 Å². The Morgan fingerprint density at radius 3 is 2.95 bits per heavy atom. The average molecular weight is 321 g/mol. The number of halogens is 1. The van der Waals surface area contributed by atoms with Crippen LogP contribution in [-0.2, 0) is 0 Å². The Balaban J connectivity index is 1.88. The summed E-state index contributed by atoms with van der Waals surface area (Å²) in [5.41, 5.74) is 1.52. The Morgan fingerprint density at radius 1 is 1.43 bits per heavy atom. The van der Waals surface area contributed by atoms with Crippen LogP contribution in [0.5, 0.6) is 0 Å². The quantitative estimate of drug-likeness (QED) is 0.800. The molecule has 0 saturated carbocycles. The molecule has 1 N–H and O–H groups in total. The van der Waals surface area contributed by atoms with Crippen molar-refractivity contribution in [1.82, 2.24) is 25.2 Å². The van der Waals surface area contributed by atoms with Crippen LogP contribution in [0, 0.1) is 6.92 Å². The normalized spacial score (nSPS) is 10.6. The van der Waals surface area contributed by atoms with E-state index in [1.807, 2.05) is 6.92 Å². The predicted octanol–water partition coefficient (Wildman–Crippen LogP) is 2.33. The van der Waals surface area contributed by atoms with E-state index in [9.17, 15) is 4.79 Å². The molecule has 0 bridgehead atoms. The van der Waals surface area contributed by atoms with Gasteiger partial charge in [-0.15, -0.1) is 16.4 Å². The van der Waals surface area contributed by atoms with Crippen molar-refractivity contribution in [3.63, 3.8) is 0 Å². The lowest BCUT2D eigenvalue weighted by Crippen LogP contribution is -2.13. The van der Waals surface area contributed by atoms with Crippen LogP contribution >= 0.6 is 22.9 Å². The minimum Gasteiger partial charge on any atom is -0.319 e. The van der Waals surface area contributed by atoms with Crippen molar-refractivity contribution in [2.75, 3.05) is 5.32 Å². The number of benzene rings is 1. The summed E-state index contributed by atoms with van der Waals surface area (Å²) >= 11 is 7.51. The van der Waals surface area contributed by atoms with E-state index in [2.05, 4.69) is 25.8 Å². The lowest BCUT2D eigenvalue weighted by molar-refractivity contribution is 0.102. The summed E-state index contributed by atoms with van der Waals surface area (Å²) in [4.78, 5) is 16.2. The molecule has 0 radical (unpaired) electrons. The first-order chi connectivity index (χ1) is 10.1. The smallest absolute Gasteiger partial charge is 0.275 e.